The van der Waals surface area contributed by atoms with E-state index >= 15 is 0 Å². The first kappa shape index (κ1) is 17.9. The maximum Gasteiger partial charge on any atom is 0.153 e. The number of benzene rings is 3. The Balaban J connectivity index is 1.66. The van der Waals surface area contributed by atoms with Gasteiger partial charge in [0.05, 0.1) is 24.9 Å². The van der Waals surface area contributed by atoms with E-state index in [1.54, 1.807) is 7.11 Å². The van der Waals surface area contributed by atoms with Gasteiger partial charge < -0.3 is 10.5 Å². The van der Waals surface area contributed by atoms with Crippen molar-refractivity contribution in [2.45, 2.75) is 6.54 Å². The summed E-state index contributed by atoms with van der Waals surface area (Å²) in [5.74, 6) is 1.27. The van der Waals surface area contributed by atoms with Crippen molar-refractivity contribution in [3.05, 3.63) is 78.4 Å². The molecule has 5 aromatic rings. The van der Waals surface area contributed by atoms with Gasteiger partial charge in [0.15, 0.2) is 5.82 Å². The predicted molar refractivity (Wildman–Crippen MR) is 117 cm³/mol. The molecule has 7 nitrogen and oxygen atoms in total. The minimum absolute atomic E-state index is 0.467. The number of methoxy groups -OCH3 is 1. The van der Waals surface area contributed by atoms with Gasteiger partial charge in [0, 0.05) is 16.5 Å². The first-order valence-electron chi connectivity index (χ1n) is 9.59. The van der Waals surface area contributed by atoms with Crippen molar-refractivity contribution in [1.82, 2.24) is 25.2 Å². The van der Waals surface area contributed by atoms with Crippen molar-refractivity contribution in [2.75, 3.05) is 12.8 Å². The van der Waals surface area contributed by atoms with E-state index in [0.29, 0.717) is 12.4 Å². The molecule has 0 amide bonds. The summed E-state index contributed by atoms with van der Waals surface area (Å²) in [7, 11) is 1.66. The van der Waals surface area contributed by atoms with Crippen molar-refractivity contribution in [2.24, 2.45) is 0 Å². The molecule has 30 heavy (non-hydrogen) atoms. The van der Waals surface area contributed by atoms with Crippen molar-refractivity contribution in [3.63, 3.8) is 0 Å². The van der Waals surface area contributed by atoms with Crippen LogP contribution in [0.2, 0.25) is 0 Å². The number of nitrogen functional groups attached to an aromatic ring is 1. The Morgan fingerprint density at radius 1 is 0.967 bits per heavy atom. The Kier molecular flexibility index (Phi) is 4.40. The number of H-pyrrole nitrogens is 1. The second-order valence-corrected chi connectivity index (χ2v) is 7.03. The Bertz CT molecular complexity index is 1310. The molecule has 0 aliphatic carbocycles. The highest BCUT2D eigenvalue weighted by atomic mass is 16.5. The lowest BCUT2D eigenvalue weighted by Gasteiger charge is -2.10. The molecular weight excluding hydrogens is 376 g/mol. The molecule has 0 fully saturated rings. The summed E-state index contributed by atoms with van der Waals surface area (Å²) >= 11 is 0. The molecular formula is C23H20N6O. The van der Waals surface area contributed by atoms with E-state index in [4.69, 9.17) is 10.5 Å². The van der Waals surface area contributed by atoms with Crippen LogP contribution in [-0.2, 0) is 6.54 Å². The first-order valence-corrected chi connectivity index (χ1v) is 9.59. The number of aromatic amines is 1. The zero-order chi connectivity index (χ0) is 20.5. The van der Waals surface area contributed by atoms with Crippen LogP contribution in [0.3, 0.4) is 0 Å². The summed E-state index contributed by atoms with van der Waals surface area (Å²) in [4.78, 5) is 0. The van der Waals surface area contributed by atoms with Gasteiger partial charge in [-0.05, 0) is 42.0 Å². The van der Waals surface area contributed by atoms with E-state index < -0.39 is 0 Å². The fourth-order valence-electron chi connectivity index (χ4n) is 3.59. The van der Waals surface area contributed by atoms with Gasteiger partial charge in [0.1, 0.15) is 11.4 Å². The van der Waals surface area contributed by atoms with Crippen molar-refractivity contribution < 1.29 is 4.74 Å². The normalized spacial score (nSPS) is 11.1. The van der Waals surface area contributed by atoms with Gasteiger partial charge in [-0.25, -0.2) is 4.68 Å². The summed E-state index contributed by atoms with van der Waals surface area (Å²) in [6, 6.07) is 24.1. The second kappa shape index (κ2) is 7.36. The average molecular weight is 396 g/mol. The third kappa shape index (κ3) is 3.16. The number of nitrogens with two attached hydrogens (primary N) is 1. The minimum atomic E-state index is 0.467. The monoisotopic (exact) mass is 396 g/mol. The molecule has 0 aliphatic rings. The molecule has 2 aromatic heterocycles. The van der Waals surface area contributed by atoms with Gasteiger partial charge in [-0.2, -0.15) is 5.10 Å². The molecule has 0 aliphatic heterocycles. The van der Waals surface area contributed by atoms with E-state index in [2.05, 4.69) is 32.6 Å². The summed E-state index contributed by atoms with van der Waals surface area (Å²) in [6.07, 6.45) is 0. The van der Waals surface area contributed by atoms with E-state index in [0.717, 1.165) is 44.7 Å². The van der Waals surface area contributed by atoms with Gasteiger partial charge in [-0.1, -0.05) is 41.6 Å². The minimum Gasteiger partial charge on any atom is -0.497 e. The molecule has 148 valence electrons. The third-order valence-electron chi connectivity index (χ3n) is 5.14. The van der Waals surface area contributed by atoms with Gasteiger partial charge in [-0.15, -0.1) is 5.10 Å². The number of aromatic nitrogens is 5. The van der Waals surface area contributed by atoms with Crippen molar-refractivity contribution in [1.29, 1.82) is 0 Å². The van der Waals surface area contributed by atoms with Crippen LogP contribution in [0.25, 0.3) is 33.4 Å². The number of ether oxygens (including phenoxy) is 1. The van der Waals surface area contributed by atoms with E-state index in [1.807, 2.05) is 65.3 Å². The van der Waals surface area contributed by atoms with Gasteiger partial charge in [0.25, 0.3) is 0 Å². The SMILES string of the molecule is COc1ccc(-c2c(-c3ccc4[nH]nc(N)c4c3)nnn2Cc2ccccc2)cc1. The Morgan fingerprint density at radius 3 is 2.50 bits per heavy atom. The van der Waals surface area contributed by atoms with Crippen LogP contribution in [-0.4, -0.2) is 32.3 Å². The molecule has 0 saturated heterocycles. The zero-order valence-electron chi connectivity index (χ0n) is 16.4. The number of nitrogens with one attached hydrogen (secondary N) is 1. The molecule has 0 saturated carbocycles. The lowest BCUT2D eigenvalue weighted by molar-refractivity contribution is 0.415. The van der Waals surface area contributed by atoms with Crippen LogP contribution in [0.1, 0.15) is 5.56 Å². The van der Waals surface area contributed by atoms with Crippen LogP contribution < -0.4 is 10.5 Å². The lowest BCUT2D eigenvalue weighted by atomic mass is 10.0. The largest absolute Gasteiger partial charge is 0.497 e. The van der Waals surface area contributed by atoms with E-state index in [1.165, 1.54) is 0 Å². The fourth-order valence-corrected chi connectivity index (χ4v) is 3.59. The molecule has 0 radical (unpaired) electrons. The van der Waals surface area contributed by atoms with Crippen LogP contribution in [0.15, 0.2) is 72.8 Å². The molecule has 5 rings (SSSR count). The van der Waals surface area contributed by atoms with Crippen LogP contribution >= 0.6 is 0 Å². The standard InChI is InChI=1S/C23H20N6O/c1-30-18-10-7-16(8-11-18)22-21(17-9-12-20-19(13-17)23(24)27-25-20)26-28-29(22)14-15-5-3-2-4-6-15/h2-13H,14H2,1H3,(H3,24,25,27). The van der Waals surface area contributed by atoms with E-state index in [-0.39, 0.29) is 0 Å². The van der Waals surface area contributed by atoms with Gasteiger partial charge in [-0.3, -0.25) is 5.10 Å². The Labute approximate surface area is 173 Å². The maximum atomic E-state index is 6.01. The number of nitrogens with zero attached hydrogens (tertiary/aromatic N) is 4. The highest BCUT2D eigenvalue weighted by molar-refractivity contribution is 5.93. The van der Waals surface area contributed by atoms with Crippen molar-refractivity contribution >= 4 is 16.7 Å². The van der Waals surface area contributed by atoms with E-state index in [9.17, 15) is 0 Å². The van der Waals surface area contributed by atoms with Crippen LogP contribution in [0.5, 0.6) is 5.75 Å². The average Bonchev–Trinajstić information content (AvgIpc) is 3.38. The smallest absolute Gasteiger partial charge is 0.153 e. The zero-order valence-corrected chi connectivity index (χ0v) is 16.4. The maximum absolute atomic E-state index is 6.01. The number of hydrogen-bond acceptors (Lipinski definition) is 5. The lowest BCUT2D eigenvalue weighted by Crippen LogP contribution is -2.04. The number of fused-ring (bicyclic) bond motifs is 1. The summed E-state index contributed by atoms with van der Waals surface area (Å²) < 4.78 is 7.24. The Hall–Kier alpha value is -4.13. The summed E-state index contributed by atoms with van der Waals surface area (Å²) in [5.41, 5.74) is 11.7. The molecule has 7 heteroatoms. The molecule has 0 atom stereocenters. The molecule has 3 aromatic carbocycles. The predicted octanol–water partition coefficient (Wildman–Crippen LogP) is 4.13. The van der Waals surface area contributed by atoms with Crippen molar-refractivity contribution in [3.8, 4) is 28.3 Å². The van der Waals surface area contributed by atoms with Crippen LogP contribution in [0, 0.1) is 0 Å². The molecule has 0 spiro atoms. The fraction of sp³-hybridized carbons (Fsp3) is 0.0870. The highest BCUT2D eigenvalue weighted by Crippen LogP contribution is 2.33. The second-order valence-electron chi connectivity index (χ2n) is 7.03. The Morgan fingerprint density at radius 2 is 1.73 bits per heavy atom. The summed E-state index contributed by atoms with van der Waals surface area (Å²) in [5, 5.41) is 16.9. The van der Waals surface area contributed by atoms with Crippen LogP contribution in [0.4, 0.5) is 5.82 Å². The summed E-state index contributed by atoms with van der Waals surface area (Å²) in [6.45, 7) is 0.616. The number of hydrogen-bond donors (Lipinski definition) is 2. The molecule has 0 bridgehead atoms. The van der Waals surface area contributed by atoms with Gasteiger partial charge in [0.2, 0.25) is 0 Å². The molecule has 0 unspecified atom stereocenters. The quantitative estimate of drug-likeness (QED) is 0.466. The van der Waals surface area contributed by atoms with Gasteiger partial charge >= 0.3 is 0 Å². The third-order valence-corrected chi connectivity index (χ3v) is 5.14. The topological polar surface area (TPSA) is 94.6 Å². The number of rotatable bonds is 5. The highest BCUT2D eigenvalue weighted by Gasteiger charge is 2.18. The first-order chi connectivity index (χ1) is 14.7. The number of anilines is 1. The molecule has 3 N–H and O–H groups in total. The molecule has 2 heterocycles.